The van der Waals surface area contributed by atoms with Crippen molar-refractivity contribution in [2.75, 3.05) is 26.7 Å². The first kappa shape index (κ1) is 23.7. The van der Waals surface area contributed by atoms with Crippen molar-refractivity contribution >= 4 is 33.2 Å². The van der Waals surface area contributed by atoms with Gasteiger partial charge in [0.2, 0.25) is 5.91 Å². The van der Waals surface area contributed by atoms with E-state index in [0.717, 1.165) is 79.6 Å². The zero-order valence-corrected chi connectivity index (χ0v) is 20.6. The first-order valence-corrected chi connectivity index (χ1v) is 14.2. The Morgan fingerprint density at radius 3 is 2.22 bits per heavy atom. The fourth-order valence-corrected chi connectivity index (χ4v) is 8.80. The molecule has 0 unspecified atom stereocenters. The maximum Gasteiger partial charge on any atom is 0.340 e. The molecule has 1 aromatic heterocycles. The number of carbonyl (C=O) groups is 2. The maximum atomic E-state index is 13.6. The van der Waals surface area contributed by atoms with E-state index in [1.165, 1.54) is 13.5 Å². The lowest BCUT2D eigenvalue weighted by Gasteiger charge is -2.32. The topological polar surface area (TPSA) is 84.0 Å². The summed E-state index contributed by atoms with van der Waals surface area (Å²) in [5.74, 6) is -0.341. The lowest BCUT2D eigenvalue weighted by atomic mass is 9.88. The Bertz CT molecular complexity index is 942. The van der Waals surface area contributed by atoms with Crippen molar-refractivity contribution < 1.29 is 22.7 Å². The van der Waals surface area contributed by atoms with Crippen LogP contribution in [0.4, 0.5) is 0 Å². The third-order valence-electron chi connectivity index (χ3n) is 7.07. The van der Waals surface area contributed by atoms with Crippen LogP contribution < -0.4 is 0 Å². The van der Waals surface area contributed by atoms with Crippen LogP contribution in [0.1, 0.15) is 85.0 Å². The van der Waals surface area contributed by atoms with Gasteiger partial charge < -0.3 is 9.64 Å². The van der Waals surface area contributed by atoms with E-state index >= 15 is 0 Å². The first-order chi connectivity index (χ1) is 15.4. The number of hydrogen-bond acceptors (Lipinski definition) is 6. The highest BCUT2D eigenvalue weighted by molar-refractivity contribution is 7.91. The van der Waals surface area contributed by atoms with Crippen LogP contribution in [0.3, 0.4) is 0 Å². The van der Waals surface area contributed by atoms with E-state index in [1.54, 1.807) is 4.31 Å². The fraction of sp³-hybridized carbons (Fsp3) is 0.739. The standard InChI is InChI=1S/C23H34N2O5S2/c1-30-22(27)20-18-12-15-24(21(26)17-10-6-5-7-11-17)16-19(18)31-23(20)32(28,29)25-13-8-3-2-4-9-14-25/h17H,2-16H2,1H3. The number of hydrogen-bond donors (Lipinski definition) is 0. The van der Waals surface area contributed by atoms with Crippen molar-refractivity contribution in [1.82, 2.24) is 9.21 Å². The number of ether oxygens (including phenoxy) is 1. The molecule has 1 aromatic rings. The number of esters is 1. The number of carbonyl (C=O) groups excluding carboxylic acids is 2. The molecule has 7 nitrogen and oxygen atoms in total. The average Bonchev–Trinajstić information content (AvgIpc) is 3.18. The summed E-state index contributed by atoms with van der Waals surface area (Å²) in [6.45, 7) is 1.87. The van der Waals surface area contributed by atoms with E-state index in [9.17, 15) is 18.0 Å². The van der Waals surface area contributed by atoms with Gasteiger partial charge in [0.05, 0.1) is 19.2 Å². The van der Waals surface area contributed by atoms with Crippen molar-refractivity contribution in [3.8, 4) is 0 Å². The van der Waals surface area contributed by atoms with Gasteiger partial charge >= 0.3 is 5.97 Å². The Balaban J connectivity index is 1.64. The highest BCUT2D eigenvalue weighted by atomic mass is 32.2. The third kappa shape index (κ3) is 4.75. The lowest BCUT2D eigenvalue weighted by molar-refractivity contribution is -0.137. The summed E-state index contributed by atoms with van der Waals surface area (Å²) in [5.41, 5.74) is 0.944. The molecule has 0 radical (unpaired) electrons. The van der Waals surface area contributed by atoms with Crippen LogP contribution in [0.5, 0.6) is 0 Å². The second-order valence-electron chi connectivity index (χ2n) is 9.17. The summed E-state index contributed by atoms with van der Waals surface area (Å²) in [6, 6.07) is 0. The highest BCUT2D eigenvalue weighted by Gasteiger charge is 2.38. The minimum absolute atomic E-state index is 0.0783. The summed E-state index contributed by atoms with van der Waals surface area (Å²) in [7, 11) is -2.50. The van der Waals surface area contributed by atoms with Gasteiger partial charge in [-0.1, -0.05) is 38.5 Å². The van der Waals surface area contributed by atoms with E-state index < -0.39 is 16.0 Å². The maximum absolute atomic E-state index is 13.6. The minimum Gasteiger partial charge on any atom is -0.465 e. The van der Waals surface area contributed by atoms with Crippen molar-refractivity contribution in [3.05, 3.63) is 16.0 Å². The molecule has 3 aliphatic rings. The van der Waals surface area contributed by atoms with Gasteiger partial charge in [0.1, 0.15) is 4.21 Å². The molecule has 1 aliphatic carbocycles. The average molecular weight is 483 g/mol. The smallest absolute Gasteiger partial charge is 0.340 e. The van der Waals surface area contributed by atoms with Crippen LogP contribution in [0.15, 0.2) is 4.21 Å². The second kappa shape index (κ2) is 10.2. The van der Waals surface area contributed by atoms with Crippen LogP contribution in [-0.4, -0.2) is 56.2 Å². The summed E-state index contributed by atoms with van der Waals surface area (Å²) >= 11 is 1.16. The van der Waals surface area contributed by atoms with E-state index in [1.807, 2.05) is 4.90 Å². The van der Waals surface area contributed by atoms with Crippen molar-refractivity contribution in [2.45, 2.75) is 81.4 Å². The van der Waals surface area contributed by atoms with Gasteiger partial charge in [-0.3, -0.25) is 4.79 Å². The largest absolute Gasteiger partial charge is 0.465 e. The fourth-order valence-electron chi connectivity index (χ4n) is 5.24. The van der Waals surface area contributed by atoms with Gasteiger partial charge in [0.15, 0.2) is 0 Å². The molecule has 0 spiro atoms. The Morgan fingerprint density at radius 2 is 1.56 bits per heavy atom. The monoisotopic (exact) mass is 482 g/mol. The highest BCUT2D eigenvalue weighted by Crippen LogP contribution is 2.39. The molecule has 1 saturated heterocycles. The second-order valence-corrected chi connectivity index (χ2v) is 12.4. The van der Waals surface area contributed by atoms with Crippen LogP contribution in [0.25, 0.3) is 0 Å². The molecule has 178 valence electrons. The molecule has 32 heavy (non-hydrogen) atoms. The summed E-state index contributed by atoms with van der Waals surface area (Å²) in [5, 5.41) is 0. The SMILES string of the molecule is COC(=O)c1c(S(=O)(=O)N2CCCCCCC2)sc2c1CCN(C(=O)C1CCCCC1)C2. The Kier molecular flexibility index (Phi) is 7.57. The van der Waals surface area contributed by atoms with Crippen LogP contribution in [-0.2, 0) is 32.5 Å². The van der Waals surface area contributed by atoms with Crippen molar-refractivity contribution in [3.63, 3.8) is 0 Å². The zero-order valence-electron chi connectivity index (χ0n) is 18.9. The first-order valence-electron chi connectivity index (χ1n) is 11.9. The van der Waals surface area contributed by atoms with Crippen molar-refractivity contribution in [2.24, 2.45) is 5.92 Å². The molecular weight excluding hydrogens is 448 g/mol. The molecule has 0 atom stereocenters. The Labute approximate surface area is 195 Å². The number of nitrogens with zero attached hydrogens (tertiary/aromatic N) is 2. The summed E-state index contributed by atoms with van der Waals surface area (Å²) in [6.07, 6.45) is 10.6. The van der Waals surface area contributed by atoms with Gasteiger partial charge in [0.25, 0.3) is 10.0 Å². The molecule has 0 bridgehead atoms. The Hall–Kier alpha value is -1.45. The number of rotatable bonds is 4. The number of thiophene rings is 1. The van der Waals surface area contributed by atoms with Gasteiger partial charge in [-0.2, -0.15) is 4.31 Å². The van der Waals surface area contributed by atoms with Crippen LogP contribution in [0, 0.1) is 5.92 Å². The predicted molar refractivity (Wildman–Crippen MR) is 123 cm³/mol. The van der Waals surface area contributed by atoms with Crippen LogP contribution >= 0.6 is 11.3 Å². The summed E-state index contributed by atoms with van der Waals surface area (Å²) in [4.78, 5) is 28.5. The van der Waals surface area contributed by atoms with Gasteiger partial charge in [-0.15, -0.1) is 11.3 Å². The predicted octanol–water partition coefficient (Wildman–Crippen LogP) is 3.95. The molecule has 2 fully saturated rings. The van der Waals surface area contributed by atoms with E-state index in [0.29, 0.717) is 32.6 Å². The number of methoxy groups -OCH3 is 1. The lowest BCUT2D eigenvalue weighted by Crippen LogP contribution is -2.40. The van der Waals surface area contributed by atoms with Gasteiger partial charge in [0, 0.05) is 30.4 Å². The third-order valence-corrected chi connectivity index (χ3v) is 10.7. The summed E-state index contributed by atoms with van der Waals surface area (Å²) < 4.78 is 33.9. The number of amides is 1. The molecule has 4 rings (SSSR count). The van der Waals surface area contributed by atoms with E-state index in [-0.39, 0.29) is 21.6 Å². The van der Waals surface area contributed by atoms with Gasteiger partial charge in [-0.05, 0) is 37.7 Å². The zero-order chi connectivity index (χ0) is 22.7. The quantitative estimate of drug-likeness (QED) is 0.607. The van der Waals surface area contributed by atoms with E-state index in [4.69, 9.17) is 4.74 Å². The number of fused-ring (bicyclic) bond motifs is 1. The van der Waals surface area contributed by atoms with Gasteiger partial charge in [-0.25, -0.2) is 13.2 Å². The molecule has 0 aromatic carbocycles. The minimum atomic E-state index is -3.79. The van der Waals surface area contributed by atoms with E-state index in [2.05, 4.69) is 0 Å². The Morgan fingerprint density at radius 1 is 0.938 bits per heavy atom. The molecular formula is C23H34N2O5S2. The normalized spacial score (nSPS) is 21.5. The number of sulfonamides is 1. The molecule has 1 amide bonds. The van der Waals surface area contributed by atoms with Crippen LogP contribution in [0.2, 0.25) is 0 Å². The molecule has 9 heteroatoms. The van der Waals surface area contributed by atoms with Crippen molar-refractivity contribution in [1.29, 1.82) is 0 Å². The molecule has 2 aliphatic heterocycles. The molecule has 0 N–H and O–H groups in total. The molecule has 3 heterocycles. The molecule has 1 saturated carbocycles.